The van der Waals surface area contributed by atoms with Gasteiger partial charge in [0.2, 0.25) is 0 Å². The Morgan fingerprint density at radius 1 is 1.45 bits per heavy atom. The fourth-order valence-electron chi connectivity index (χ4n) is 2.22. The number of aromatic carboxylic acids is 1. The van der Waals surface area contributed by atoms with Crippen molar-refractivity contribution in [2.45, 2.75) is 25.8 Å². The number of nitrogens with zero attached hydrogens (tertiary/aromatic N) is 1. The third kappa shape index (κ3) is 3.22. The minimum Gasteiger partial charge on any atom is -0.478 e. The quantitative estimate of drug-likeness (QED) is 0.655. The summed E-state index contributed by atoms with van der Waals surface area (Å²) in [4.78, 5) is 21.6. The maximum atomic E-state index is 11.1. The maximum absolute atomic E-state index is 11.1. The second-order valence-corrected chi connectivity index (χ2v) is 5.99. The van der Waals surface area contributed by atoms with Crippen LogP contribution in [0.1, 0.15) is 28.8 Å². The van der Waals surface area contributed by atoms with Crippen molar-refractivity contribution in [2.24, 2.45) is 0 Å². The van der Waals surface area contributed by atoms with E-state index in [2.05, 4.69) is 5.32 Å². The summed E-state index contributed by atoms with van der Waals surface area (Å²) < 4.78 is 0. The van der Waals surface area contributed by atoms with Gasteiger partial charge in [0.15, 0.2) is 0 Å². The number of carbonyl (C=O) groups is 1. The van der Waals surface area contributed by atoms with Crippen molar-refractivity contribution in [3.05, 3.63) is 33.4 Å². The number of nitrogens with one attached hydrogen (secondary N) is 1. The van der Waals surface area contributed by atoms with Crippen LogP contribution in [-0.2, 0) is 0 Å². The summed E-state index contributed by atoms with van der Waals surface area (Å²) in [5.74, 6) is 0.949. The first-order valence-electron chi connectivity index (χ1n) is 6.35. The largest absolute Gasteiger partial charge is 0.478 e. The number of carboxylic acid groups (broad SMARTS) is 1. The number of anilines is 1. The van der Waals surface area contributed by atoms with Crippen molar-refractivity contribution in [1.29, 1.82) is 0 Å². The molecule has 6 nitrogen and oxygen atoms in total. The van der Waals surface area contributed by atoms with Gasteiger partial charge in [-0.2, -0.15) is 11.8 Å². The topological polar surface area (TPSA) is 92.5 Å². The van der Waals surface area contributed by atoms with Crippen LogP contribution in [0, 0.1) is 17.0 Å². The van der Waals surface area contributed by atoms with E-state index in [9.17, 15) is 14.9 Å². The minimum absolute atomic E-state index is 0.0602. The van der Waals surface area contributed by atoms with E-state index in [-0.39, 0.29) is 17.3 Å². The van der Waals surface area contributed by atoms with E-state index in [1.54, 1.807) is 6.92 Å². The summed E-state index contributed by atoms with van der Waals surface area (Å²) in [5, 5.41) is 23.3. The summed E-state index contributed by atoms with van der Waals surface area (Å²) in [6.07, 6.45) is 1.96. The monoisotopic (exact) mass is 296 g/mol. The van der Waals surface area contributed by atoms with E-state index in [0.29, 0.717) is 11.3 Å². The molecule has 7 heteroatoms. The van der Waals surface area contributed by atoms with Gasteiger partial charge < -0.3 is 10.4 Å². The van der Waals surface area contributed by atoms with Crippen molar-refractivity contribution in [1.82, 2.24) is 0 Å². The van der Waals surface area contributed by atoms with E-state index >= 15 is 0 Å². The van der Waals surface area contributed by atoms with E-state index < -0.39 is 10.9 Å². The highest BCUT2D eigenvalue weighted by Crippen LogP contribution is 2.30. The van der Waals surface area contributed by atoms with Gasteiger partial charge in [0.25, 0.3) is 5.69 Å². The lowest BCUT2D eigenvalue weighted by Gasteiger charge is -2.24. The average molecular weight is 296 g/mol. The van der Waals surface area contributed by atoms with Gasteiger partial charge in [-0.1, -0.05) is 0 Å². The van der Waals surface area contributed by atoms with E-state index in [4.69, 9.17) is 5.11 Å². The van der Waals surface area contributed by atoms with E-state index in [0.717, 1.165) is 30.4 Å². The molecule has 1 aromatic carbocycles. The molecule has 0 spiro atoms. The van der Waals surface area contributed by atoms with Crippen LogP contribution in [0.25, 0.3) is 0 Å². The molecule has 1 heterocycles. The molecule has 1 fully saturated rings. The molecule has 20 heavy (non-hydrogen) atoms. The second kappa shape index (κ2) is 6.13. The number of benzene rings is 1. The van der Waals surface area contributed by atoms with Gasteiger partial charge in [0.05, 0.1) is 10.5 Å². The normalized spacial score (nSPS) is 15.8. The Kier molecular flexibility index (Phi) is 4.49. The standard InChI is InChI=1S/C13H16N2O4S/c1-8-11(14-10-2-4-20-5-3-10)6-9(13(16)17)7-12(8)15(18)19/h6-7,10,14H,2-5H2,1H3,(H,16,17). The molecule has 1 saturated heterocycles. The third-order valence-corrected chi connectivity index (χ3v) is 4.45. The van der Waals surface area contributed by atoms with Crippen molar-refractivity contribution < 1.29 is 14.8 Å². The molecule has 0 amide bonds. The zero-order valence-electron chi connectivity index (χ0n) is 11.1. The van der Waals surface area contributed by atoms with Crippen LogP contribution in [0.4, 0.5) is 11.4 Å². The molecule has 0 saturated carbocycles. The second-order valence-electron chi connectivity index (χ2n) is 4.76. The summed E-state index contributed by atoms with van der Waals surface area (Å²) >= 11 is 1.89. The van der Waals surface area contributed by atoms with Crippen molar-refractivity contribution in [3.63, 3.8) is 0 Å². The SMILES string of the molecule is Cc1c(NC2CCSCC2)cc(C(=O)O)cc1[N+](=O)[O-]. The summed E-state index contributed by atoms with van der Waals surface area (Å²) in [7, 11) is 0. The number of carboxylic acids is 1. The van der Waals surface area contributed by atoms with Gasteiger partial charge in [0, 0.05) is 23.4 Å². The molecule has 1 aromatic rings. The zero-order chi connectivity index (χ0) is 14.7. The number of nitro benzene ring substituents is 1. The molecule has 1 aliphatic heterocycles. The first kappa shape index (κ1) is 14.6. The Bertz CT molecular complexity index is 541. The Morgan fingerprint density at radius 2 is 2.10 bits per heavy atom. The third-order valence-electron chi connectivity index (χ3n) is 3.40. The maximum Gasteiger partial charge on any atom is 0.336 e. The average Bonchev–Trinajstić information content (AvgIpc) is 2.41. The molecule has 0 unspecified atom stereocenters. The Hall–Kier alpha value is -1.76. The van der Waals surface area contributed by atoms with Gasteiger partial charge in [0.1, 0.15) is 0 Å². The van der Waals surface area contributed by atoms with Gasteiger partial charge in [-0.15, -0.1) is 0 Å². The molecular formula is C13H16N2O4S. The van der Waals surface area contributed by atoms with Crippen LogP contribution in [0.5, 0.6) is 0 Å². The molecule has 2 N–H and O–H groups in total. The van der Waals surface area contributed by atoms with Crippen LogP contribution >= 0.6 is 11.8 Å². The molecule has 0 aliphatic carbocycles. The Balaban J connectivity index is 2.34. The number of nitro groups is 1. The minimum atomic E-state index is -1.16. The van der Waals surface area contributed by atoms with Gasteiger partial charge in [-0.25, -0.2) is 4.79 Å². The summed E-state index contributed by atoms with van der Waals surface area (Å²) in [5.41, 5.74) is 0.819. The first-order chi connectivity index (χ1) is 9.49. The lowest BCUT2D eigenvalue weighted by molar-refractivity contribution is -0.385. The lowest BCUT2D eigenvalue weighted by Crippen LogP contribution is -2.25. The molecule has 0 aromatic heterocycles. The lowest BCUT2D eigenvalue weighted by atomic mass is 10.1. The highest BCUT2D eigenvalue weighted by Gasteiger charge is 2.21. The highest BCUT2D eigenvalue weighted by molar-refractivity contribution is 7.99. The molecule has 0 radical (unpaired) electrons. The van der Waals surface area contributed by atoms with Crippen molar-refractivity contribution >= 4 is 29.1 Å². The van der Waals surface area contributed by atoms with E-state index in [1.165, 1.54) is 6.07 Å². The number of thioether (sulfide) groups is 1. The zero-order valence-corrected chi connectivity index (χ0v) is 11.9. The van der Waals surface area contributed by atoms with Crippen LogP contribution in [0.15, 0.2) is 12.1 Å². The molecule has 2 rings (SSSR count). The Morgan fingerprint density at radius 3 is 2.65 bits per heavy atom. The molecule has 0 atom stereocenters. The summed E-state index contributed by atoms with van der Waals surface area (Å²) in [6.45, 7) is 1.64. The number of hydrogen-bond acceptors (Lipinski definition) is 5. The van der Waals surface area contributed by atoms with Crippen LogP contribution < -0.4 is 5.32 Å². The summed E-state index contributed by atoms with van der Waals surface area (Å²) in [6, 6.07) is 2.84. The van der Waals surface area contributed by atoms with Crippen molar-refractivity contribution in [2.75, 3.05) is 16.8 Å². The predicted molar refractivity (Wildman–Crippen MR) is 78.8 cm³/mol. The number of rotatable bonds is 4. The van der Waals surface area contributed by atoms with Gasteiger partial charge >= 0.3 is 5.97 Å². The molecule has 0 bridgehead atoms. The van der Waals surface area contributed by atoms with Gasteiger partial charge in [-0.3, -0.25) is 10.1 Å². The number of hydrogen-bond donors (Lipinski definition) is 2. The predicted octanol–water partition coefficient (Wildman–Crippen LogP) is 2.91. The van der Waals surface area contributed by atoms with Crippen LogP contribution in [0.3, 0.4) is 0 Å². The van der Waals surface area contributed by atoms with E-state index in [1.807, 2.05) is 11.8 Å². The fraction of sp³-hybridized carbons (Fsp3) is 0.462. The van der Waals surface area contributed by atoms with Gasteiger partial charge in [-0.05, 0) is 37.3 Å². The highest BCUT2D eigenvalue weighted by atomic mass is 32.2. The van der Waals surface area contributed by atoms with Crippen molar-refractivity contribution in [3.8, 4) is 0 Å². The smallest absolute Gasteiger partial charge is 0.336 e. The Labute approximate surface area is 120 Å². The molecular weight excluding hydrogens is 280 g/mol. The fourth-order valence-corrected chi connectivity index (χ4v) is 3.33. The first-order valence-corrected chi connectivity index (χ1v) is 7.51. The van der Waals surface area contributed by atoms with Crippen LogP contribution in [0.2, 0.25) is 0 Å². The van der Waals surface area contributed by atoms with Crippen LogP contribution in [-0.4, -0.2) is 33.5 Å². The molecule has 1 aliphatic rings. The molecule has 108 valence electrons.